The number of hydrogen-bond acceptors (Lipinski definition) is 4. The molecule has 0 spiro atoms. The van der Waals surface area contributed by atoms with Crippen molar-refractivity contribution in [3.63, 3.8) is 0 Å². The highest BCUT2D eigenvalue weighted by Crippen LogP contribution is 2.17. The van der Waals surface area contributed by atoms with E-state index in [-0.39, 0.29) is 5.78 Å². The van der Waals surface area contributed by atoms with Crippen molar-refractivity contribution < 1.29 is 4.79 Å². The van der Waals surface area contributed by atoms with Crippen molar-refractivity contribution in [3.8, 4) is 0 Å². The predicted octanol–water partition coefficient (Wildman–Crippen LogP) is 0.999. The molecule has 0 aliphatic rings. The molecule has 1 heterocycles. The first kappa shape index (κ1) is 14.3. The maximum absolute atomic E-state index is 12.0. The van der Waals surface area contributed by atoms with E-state index in [4.69, 9.17) is 0 Å². The molecule has 0 aromatic carbocycles. The Balaban J connectivity index is 2.75. The maximum Gasteiger partial charge on any atom is 0.183 e. The zero-order valence-electron chi connectivity index (χ0n) is 10.5. The van der Waals surface area contributed by atoms with Crippen LogP contribution in [-0.4, -0.2) is 54.7 Å². The predicted molar refractivity (Wildman–Crippen MR) is 71.4 cm³/mol. The fourth-order valence-corrected chi connectivity index (χ4v) is 1.98. The van der Waals surface area contributed by atoms with E-state index in [0.29, 0.717) is 18.7 Å². The molecular formula is C11H19BrN4O. The molecule has 1 aromatic heterocycles. The van der Waals surface area contributed by atoms with Crippen LogP contribution in [-0.2, 0) is 6.54 Å². The molecule has 1 N–H and O–H groups in total. The average Bonchev–Trinajstić information content (AvgIpc) is 2.64. The summed E-state index contributed by atoms with van der Waals surface area (Å²) in [6.45, 7) is 2.27. The number of carbonyl (C=O) groups excluding carboxylic acids is 1. The molecule has 1 rings (SSSR count). The molecule has 0 unspecified atom stereocenters. The van der Waals surface area contributed by atoms with E-state index in [2.05, 4.69) is 31.2 Å². The van der Waals surface area contributed by atoms with E-state index >= 15 is 0 Å². The van der Waals surface area contributed by atoms with E-state index in [9.17, 15) is 4.79 Å². The lowest BCUT2D eigenvalue weighted by Gasteiger charge is -2.11. The molecule has 6 heteroatoms. The van der Waals surface area contributed by atoms with Crippen molar-refractivity contribution in [2.75, 3.05) is 34.2 Å². The largest absolute Gasteiger partial charge is 0.319 e. The molecule has 0 saturated carbocycles. The molecule has 0 aliphatic heterocycles. The van der Waals surface area contributed by atoms with Gasteiger partial charge in [0.2, 0.25) is 0 Å². The Bertz CT molecular complexity index is 376. The van der Waals surface area contributed by atoms with Crippen LogP contribution in [0.25, 0.3) is 0 Å². The van der Waals surface area contributed by atoms with E-state index in [1.807, 2.05) is 21.1 Å². The summed E-state index contributed by atoms with van der Waals surface area (Å²) in [6.07, 6.45) is 2.17. The van der Waals surface area contributed by atoms with E-state index in [1.54, 1.807) is 10.9 Å². The molecule has 0 fully saturated rings. The molecule has 0 saturated heterocycles. The Morgan fingerprint density at radius 2 is 2.29 bits per heavy atom. The second-order valence-corrected chi connectivity index (χ2v) is 5.00. The number of nitrogens with zero attached hydrogens (tertiary/aromatic N) is 3. The van der Waals surface area contributed by atoms with Crippen molar-refractivity contribution in [2.45, 2.75) is 13.0 Å². The molecular weight excluding hydrogens is 284 g/mol. The number of likely N-dealkylation sites (N-methyl/N-ethyl adjacent to an activating group) is 1. The van der Waals surface area contributed by atoms with E-state index < -0.39 is 0 Å². The van der Waals surface area contributed by atoms with Crippen LogP contribution in [0.1, 0.15) is 16.9 Å². The number of Topliss-reactive ketones (excluding diaryl/α,β-unsaturated/α-hetero) is 1. The number of rotatable bonds is 7. The minimum Gasteiger partial charge on any atom is -0.319 e. The molecule has 0 amide bonds. The number of hydrogen-bond donors (Lipinski definition) is 1. The van der Waals surface area contributed by atoms with Gasteiger partial charge < -0.3 is 10.2 Å². The summed E-state index contributed by atoms with van der Waals surface area (Å²) in [5.41, 5.74) is 0.669. The van der Waals surface area contributed by atoms with Crippen LogP contribution in [0.4, 0.5) is 0 Å². The van der Waals surface area contributed by atoms with Gasteiger partial charge in [0.15, 0.2) is 5.78 Å². The number of aromatic nitrogens is 2. The summed E-state index contributed by atoms with van der Waals surface area (Å²) in [7, 11) is 5.84. The Hall–Kier alpha value is -0.720. The topological polar surface area (TPSA) is 50.2 Å². The fourth-order valence-electron chi connectivity index (χ4n) is 1.46. The van der Waals surface area contributed by atoms with Crippen molar-refractivity contribution in [1.82, 2.24) is 20.0 Å². The van der Waals surface area contributed by atoms with E-state index in [1.165, 1.54) is 0 Å². The average molecular weight is 303 g/mol. The van der Waals surface area contributed by atoms with Gasteiger partial charge in [-0.3, -0.25) is 9.48 Å². The molecule has 0 bridgehead atoms. The van der Waals surface area contributed by atoms with Gasteiger partial charge in [-0.05, 0) is 37.1 Å². The first-order chi connectivity index (χ1) is 8.06. The molecule has 0 radical (unpaired) electrons. The van der Waals surface area contributed by atoms with E-state index in [0.717, 1.165) is 17.6 Å². The number of carbonyl (C=O) groups is 1. The van der Waals surface area contributed by atoms with Gasteiger partial charge in [-0.1, -0.05) is 0 Å². The minimum absolute atomic E-state index is 0.113. The molecule has 1 aromatic rings. The molecule has 5 nitrogen and oxygen atoms in total. The van der Waals surface area contributed by atoms with Gasteiger partial charge in [-0.2, -0.15) is 5.10 Å². The first-order valence-corrected chi connectivity index (χ1v) is 6.39. The monoisotopic (exact) mass is 302 g/mol. The van der Waals surface area contributed by atoms with Crippen molar-refractivity contribution in [3.05, 3.63) is 16.4 Å². The Labute approximate surface area is 110 Å². The lowest BCUT2D eigenvalue weighted by Crippen LogP contribution is -2.22. The number of halogens is 1. The summed E-state index contributed by atoms with van der Waals surface area (Å²) in [5.74, 6) is 0.113. The molecule has 0 aliphatic carbocycles. The smallest absolute Gasteiger partial charge is 0.183 e. The maximum atomic E-state index is 12.0. The first-order valence-electron chi connectivity index (χ1n) is 5.60. The van der Waals surface area contributed by atoms with Gasteiger partial charge in [-0.25, -0.2) is 0 Å². The highest BCUT2D eigenvalue weighted by atomic mass is 79.9. The third-order valence-corrected chi connectivity index (χ3v) is 3.00. The van der Waals surface area contributed by atoms with Crippen LogP contribution in [0.3, 0.4) is 0 Å². The Morgan fingerprint density at radius 1 is 1.59 bits per heavy atom. The summed E-state index contributed by atoms with van der Waals surface area (Å²) >= 11 is 3.38. The zero-order chi connectivity index (χ0) is 12.8. The van der Waals surface area contributed by atoms with Crippen LogP contribution in [0.2, 0.25) is 0 Å². The summed E-state index contributed by atoms with van der Waals surface area (Å²) < 4.78 is 2.54. The lowest BCUT2D eigenvalue weighted by atomic mass is 10.2. The molecule has 96 valence electrons. The van der Waals surface area contributed by atoms with Crippen LogP contribution < -0.4 is 5.32 Å². The summed E-state index contributed by atoms with van der Waals surface area (Å²) in [5, 5.41) is 7.19. The second kappa shape index (κ2) is 6.88. The van der Waals surface area contributed by atoms with Crippen LogP contribution in [0, 0.1) is 0 Å². The molecule has 0 atom stereocenters. The number of nitrogens with one attached hydrogen (secondary N) is 1. The van der Waals surface area contributed by atoms with Crippen LogP contribution in [0.15, 0.2) is 10.7 Å². The highest BCUT2D eigenvalue weighted by molar-refractivity contribution is 9.10. The standard InChI is InChI=1S/C11H19BrN4O/c1-13-5-4-10(17)11-9(12)8-14-16(11)7-6-15(2)3/h8,13H,4-7H2,1-3H3. The third kappa shape index (κ3) is 4.22. The number of ketones is 1. The van der Waals surface area contributed by atoms with Crippen LogP contribution in [0.5, 0.6) is 0 Å². The van der Waals surface area contributed by atoms with Gasteiger partial charge in [0.05, 0.1) is 17.2 Å². The Kier molecular flexibility index (Phi) is 5.80. The summed E-state index contributed by atoms with van der Waals surface area (Å²) in [4.78, 5) is 14.1. The van der Waals surface area contributed by atoms with Crippen LogP contribution >= 0.6 is 15.9 Å². The minimum atomic E-state index is 0.113. The lowest BCUT2D eigenvalue weighted by molar-refractivity contribution is 0.0971. The van der Waals surface area contributed by atoms with Crippen molar-refractivity contribution >= 4 is 21.7 Å². The normalized spacial score (nSPS) is 11.1. The zero-order valence-corrected chi connectivity index (χ0v) is 12.1. The van der Waals surface area contributed by atoms with Crippen molar-refractivity contribution in [2.24, 2.45) is 0 Å². The fraction of sp³-hybridized carbons (Fsp3) is 0.636. The summed E-state index contributed by atoms with van der Waals surface area (Å²) in [6, 6.07) is 0. The van der Waals surface area contributed by atoms with Gasteiger partial charge in [0.1, 0.15) is 5.69 Å². The molecule has 17 heavy (non-hydrogen) atoms. The quantitative estimate of drug-likeness (QED) is 0.764. The SMILES string of the molecule is CNCCC(=O)c1c(Br)cnn1CCN(C)C. The third-order valence-electron chi connectivity index (χ3n) is 2.42. The highest BCUT2D eigenvalue weighted by Gasteiger charge is 2.16. The second-order valence-electron chi connectivity index (χ2n) is 4.14. The van der Waals surface area contributed by atoms with Gasteiger partial charge >= 0.3 is 0 Å². The van der Waals surface area contributed by atoms with Gasteiger partial charge in [0, 0.05) is 19.5 Å². The van der Waals surface area contributed by atoms with Crippen molar-refractivity contribution in [1.29, 1.82) is 0 Å². The van der Waals surface area contributed by atoms with Gasteiger partial charge in [-0.15, -0.1) is 0 Å². The van der Waals surface area contributed by atoms with Gasteiger partial charge in [0.25, 0.3) is 0 Å². The Morgan fingerprint density at radius 3 is 2.88 bits per heavy atom.